The maximum Gasteiger partial charge on any atom is 0.241 e. The van der Waals surface area contributed by atoms with E-state index in [-0.39, 0.29) is 12.5 Å². The number of nitrogens with one attached hydrogen (secondary N) is 2. The number of carbonyl (C=O) groups is 1. The van der Waals surface area contributed by atoms with Crippen LogP contribution in [0.4, 0.5) is 0 Å². The van der Waals surface area contributed by atoms with E-state index >= 15 is 0 Å². The molecule has 0 saturated carbocycles. The summed E-state index contributed by atoms with van der Waals surface area (Å²) < 4.78 is 1.91. The summed E-state index contributed by atoms with van der Waals surface area (Å²) in [5.41, 5.74) is 2.34. The van der Waals surface area contributed by atoms with Crippen molar-refractivity contribution in [2.45, 2.75) is 39.3 Å². The van der Waals surface area contributed by atoms with Crippen molar-refractivity contribution in [1.29, 1.82) is 0 Å². The van der Waals surface area contributed by atoms with Crippen LogP contribution >= 0.6 is 0 Å². The third kappa shape index (κ3) is 5.84. The zero-order valence-electron chi connectivity index (χ0n) is 16.6. The fourth-order valence-corrected chi connectivity index (χ4v) is 3.35. The lowest BCUT2D eigenvalue weighted by atomic mass is 10.1. The molecule has 150 valence electrons. The van der Waals surface area contributed by atoms with Crippen LogP contribution in [0.1, 0.15) is 37.3 Å². The highest BCUT2D eigenvalue weighted by Crippen LogP contribution is 2.12. The fraction of sp³-hybridized carbons (Fsp3) is 0.476. The van der Waals surface area contributed by atoms with Crippen LogP contribution in [-0.4, -0.2) is 52.7 Å². The zero-order valence-corrected chi connectivity index (χ0v) is 16.6. The second kappa shape index (κ2) is 10.5. The normalized spacial score (nSPS) is 14.8. The van der Waals surface area contributed by atoms with Gasteiger partial charge in [0.25, 0.3) is 0 Å². The number of rotatable bonds is 7. The van der Waals surface area contributed by atoms with Crippen molar-refractivity contribution in [3.63, 3.8) is 0 Å². The lowest BCUT2D eigenvalue weighted by Crippen LogP contribution is -2.46. The molecule has 1 aromatic carbocycles. The Labute approximate surface area is 166 Å². The summed E-state index contributed by atoms with van der Waals surface area (Å²) in [7, 11) is 0. The van der Waals surface area contributed by atoms with Crippen molar-refractivity contribution < 1.29 is 4.79 Å². The summed E-state index contributed by atoms with van der Waals surface area (Å²) in [4.78, 5) is 19.0. The predicted octanol–water partition coefficient (Wildman–Crippen LogP) is 2.00. The minimum atomic E-state index is 0.143. The average Bonchev–Trinajstić information content (AvgIpc) is 3.24. The van der Waals surface area contributed by atoms with E-state index in [1.165, 1.54) is 12.0 Å². The van der Waals surface area contributed by atoms with E-state index in [1.54, 1.807) is 6.20 Å². The van der Waals surface area contributed by atoms with Crippen LogP contribution in [0, 0.1) is 0 Å². The van der Waals surface area contributed by atoms with E-state index in [9.17, 15) is 4.79 Å². The molecular weight excluding hydrogens is 352 g/mol. The number of benzene rings is 1. The molecular formula is C21H30N6O. The van der Waals surface area contributed by atoms with Gasteiger partial charge in [-0.3, -0.25) is 9.48 Å². The average molecular weight is 383 g/mol. The quantitative estimate of drug-likeness (QED) is 0.567. The summed E-state index contributed by atoms with van der Waals surface area (Å²) in [5, 5.41) is 10.7. The largest absolute Gasteiger partial charge is 0.357 e. The number of aliphatic imine (C=N–C) groups is 1. The maximum absolute atomic E-state index is 12.4. The van der Waals surface area contributed by atoms with E-state index in [0.29, 0.717) is 12.5 Å². The molecule has 1 aliphatic rings. The first-order chi connectivity index (χ1) is 13.8. The van der Waals surface area contributed by atoms with Crippen LogP contribution in [-0.2, 0) is 17.9 Å². The summed E-state index contributed by atoms with van der Waals surface area (Å²) >= 11 is 0. The third-order valence-corrected chi connectivity index (χ3v) is 4.88. The minimum absolute atomic E-state index is 0.143. The van der Waals surface area contributed by atoms with E-state index in [1.807, 2.05) is 40.9 Å². The summed E-state index contributed by atoms with van der Waals surface area (Å²) in [6, 6.07) is 10.2. The second-order valence-corrected chi connectivity index (χ2v) is 6.96. The van der Waals surface area contributed by atoms with Crippen molar-refractivity contribution >= 4 is 11.9 Å². The van der Waals surface area contributed by atoms with E-state index in [4.69, 9.17) is 0 Å². The smallest absolute Gasteiger partial charge is 0.241 e. The molecule has 0 radical (unpaired) electrons. The van der Waals surface area contributed by atoms with Crippen molar-refractivity contribution in [3.05, 3.63) is 53.9 Å². The van der Waals surface area contributed by atoms with Gasteiger partial charge in [0.15, 0.2) is 5.96 Å². The van der Waals surface area contributed by atoms with Crippen LogP contribution in [0.25, 0.3) is 0 Å². The number of aromatic nitrogens is 2. The van der Waals surface area contributed by atoms with E-state index in [0.717, 1.165) is 44.6 Å². The van der Waals surface area contributed by atoms with Gasteiger partial charge in [-0.1, -0.05) is 24.3 Å². The molecule has 1 aromatic heterocycles. The molecule has 0 spiro atoms. The molecule has 0 aliphatic carbocycles. The highest BCUT2D eigenvalue weighted by Gasteiger charge is 2.16. The SMILES string of the molecule is CCNC(=NCc1ccccc1Cn1cccn1)NCC(=O)N1CCCCC1. The number of likely N-dealkylation sites (tertiary alicyclic amines) is 1. The zero-order chi connectivity index (χ0) is 19.6. The maximum atomic E-state index is 12.4. The van der Waals surface area contributed by atoms with Crippen molar-refractivity contribution in [2.75, 3.05) is 26.2 Å². The molecule has 2 N–H and O–H groups in total. The second-order valence-electron chi connectivity index (χ2n) is 6.96. The van der Waals surface area contributed by atoms with Crippen LogP contribution in [0.3, 0.4) is 0 Å². The monoisotopic (exact) mass is 382 g/mol. The lowest BCUT2D eigenvalue weighted by Gasteiger charge is -2.27. The first-order valence-electron chi connectivity index (χ1n) is 10.1. The number of piperidine rings is 1. The summed E-state index contributed by atoms with van der Waals surface area (Å²) in [5.74, 6) is 0.811. The van der Waals surface area contributed by atoms with Crippen molar-refractivity contribution in [1.82, 2.24) is 25.3 Å². The molecule has 3 rings (SSSR count). The highest BCUT2D eigenvalue weighted by molar-refractivity contribution is 5.86. The Morgan fingerprint density at radius 2 is 1.89 bits per heavy atom. The first kappa shape index (κ1) is 19.9. The summed E-state index contributed by atoms with van der Waals surface area (Å²) in [6.07, 6.45) is 7.17. The van der Waals surface area contributed by atoms with Gasteiger partial charge in [0.2, 0.25) is 5.91 Å². The first-order valence-corrected chi connectivity index (χ1v) is 10.1. The van der Waals surface area contributed by atoms with Gasteiger partial charge in [-0.25, -0.2) is 4.99 Å². The Morgan fingerprint density at radius 3 is 2.61 bits per heavy atom. The molecule has 0 unspecified atom stereocenters. The Balaban J connectivity index is 1.60. The summed E-state index contributed by atoms with van der Waals surface area (Å²) in [6.45, 7) is 6.06. The van der Waals surface area contributed by atoms with Crippen LogP contribution in [0.5, 0.6) is 0 Å². The number of carbonyl (C=O) groups excluding carboxylic acids is 1. The highest BCUT2D eigenvalue weighted by atomic mass is 16.2. The Morgan fingerprint density at radius 1 is 1.11 bits per heavy atom. The van der Waals surface area contributed by atoms with Gasteiger partial charge in [0, 0.05) is 32.0 Å². The Kier molecular flexibility index (Phi) is 7.46. The molecule has 1 saturated heterocycles. The Bertz CT molecular complexity index is 765. The number of hydrogen-bond donors (Lipinski definition) is 2. The number of hydrogen-bond acceptors (Lipinski definition) is 3. The van der Waals surface area contributed by atoms with Gasteiger partial charge in [0.05, 0.1) is 19.6 Å². The van der Waals surface area contributed by atoms with Crippen LogP contribution in [0.2, 0.25) is 0 Å². The Hall–Kier alpha value is -2.83. The predicted molar refractivity (Wildman–Crippen MR) is 111 cm³/mol. The minimum Gasteiger partial charge on any atom is -0.357 e. The molecule has 28 heavy (non-hydrogen) atoms. The molecule has 1 aliphatic heterocycles. The molecule has 1 amide bonds. The molecule has 2 aromatic rings. The van der Waals surface area contributed by atoms with Gasteiger partial charge < -0.3 is 15.5 Å². The van der Waals surface area contributed by atoms with Gasteiger partial charge in [0.1, 0.15) is 0 Å². The molecule has 7 heteroatoms. The standard InChI is InChI=1S/C21H30N6O/c1-2-22-21(24-16-20(28)26-12-6-3-7-13-26)23-15-18-9-4-5-10-19(18)17-27-14-8-11-25-27/h4-5,8-11,14H,2-3,6-7,12-13,15-17H2,1H3,(H2,22,23,24). The van der Waals surface area contributed by atoms with Gasteiger partial charge >= 0.3 is 0 Å². The molecule has 2 heterocycles. The van der Waals surface area contributed by atoms with E-state index in [2.05, 4.69) is 32.9 Å². The molecule has 0 bridgehead atoms. The van der Waals surface area contributed by atoms with Crippen LogP contribution in [0.15, 0.2) is 47.7 Å². The third-order valence-electron chi connectivity index (χ3n) is 4.88. The number of nitrogens with zero attached hydrogens (tertiary/aromatic N) is 4. The van der Waals surface area contributed by atoms with Crippen molar-refractivity contribution in [3.8, 4) is 0 Å². The number of guanidine groups is 1. The molecule has 7 nitrogen and oxygen atoms in total. The fourth-order valence-electron chi connectivity index (χ4n) is 3.35. The van der Waals surface area contributed by atoms with Crippen molar-refractivity contribution in [2.24, 2.45) is 4.99 Å². The lowest BCUT2D eigenvalue weighted by molar-refractivity contribution is -0.130. The molecule has 1 fully saturated rings. The molecule has 0 atom stereocenters. The van der Waals surface area contributed by atoms with Gasteiger partial charge in [-0.15, -0.1) is 0 Å². The topological polar surface area (TPSA) is 74.5 Å². The van der Waals surface area contributed by atoms with Crippen LogP contribution < -0.4 is 10.6 Å². The van der Waals surface area contributed by atoms with Gasteiger partial charge in [-0.05, 0) is 43.4 Å². The number of amides is 1. The van der Waals surface area contributed by atoms with Gasteiger partial charge in [-0.2, -0.15) is 5.10 Å². The van der Waals surface area contributed by atoms with E-state index < -0.39 is 0 Å².